The zero-order chi connectivity index (χ0) is 23.7. The monoisotopic (exact) mass is 451 g/mol. The van der Waals surface area contributed by atoms with Crippen LogP contribution in [0.15, 0.2) is 48.0 Å². The number of hydrogen-bond donors (Lipinski definition) is 1. The lowest BCUT2D eigenvalue weighted by Crippen LogP contribution is -2.33. The standard InChI is InChI=1S/C26H29NO6/c1-15(2)32-12-11-27-23(17-5-8-20(31-4)9-6-17)22(25(29)26(27)30)24(28)18-7-10-21-19(14-18)13-16(3)33-21/h5-10,14-16,23,28H,11-13H2,1-4H3/b24-22-. The van der Waals surface area contributed by atoms with Gasteiger partial charge in [-0.2, -0.15) is 0 Å². The maximum Gasteiger partial charge on any atom is 0.295 e. The van der Waals surface area contributed by atoms with Crippen LogP contribution in [-0.2, 0) is 20.7 Å². The van der Waals surface area contributed by atoms with Crippen molar-refractivity contribution in [2.24, 2.45) is 0 Å². The second-order valence-electron chi connectivity index (χ2n) is 8.64. The van der Waals surface area contributed by atoms with Crippen molar-refractivity contribution in [2.75, 3.05) is 20.3 Å². The molecule has 1 fully saturated rings. The molecular formula is C26H29NO6. The molecule has 0 bridgehead atoms. The third-order valence-corrected chi connectivity index (χ3v) is 5.92. The molecule has 0 aromatic heterocycles. The number of amides is 1. The highest BCUT2D eigenvalue weighted by Crippen LogP contribution is 2.40. The van der Waals surface area contributed by atoms with Gasteiger partial charge in [0, 0.05) is 18.5 Å². The molecule has 2 aromatic carbocycles. The third kappa shape index (κ3) is 4.46. The van der Waals surface area contributed by atoms with E-state index in [2.05, 4.69) is 0 Å². The Morgan fingerprint density at radius 3 is 2.58 bits per heavy atom. The number of carbonyl (C=O) groups is 2. The summed E-state index contributed by atoms with van der Waals surface area (Å²) in [6, 6.07) is 11.8. The van der Waals surface area contributed by atoms with Crippen molar-refractivity contribution in [2.45, 2.75) is 45.4 Å². The number of likely N-dealkylation sites (tertiary alicyclic amines) is 1. The molecule has 2 unspecified atom stereocenters. The van der Waals surface area contributed by atoms with Crippen molar-refractivity contribution < 1.29 is 28.9 Å². The van der Waals surface area contributed by atoms with E-state index in [9.17, 15) is 14.7 Å². The Balaban J connectivity index is 1.77. The van der Waals surface area contributed by atoms with Crippen LogP contribution < -0.4 is 9.47 Å². The molecule has 2 aromatic rings. The minimum atomic E-state index is -0.727. The van der Waals surface area contributed by atoms with Gasteiger partial charge in [0.15, 0.2) is 0 Å². The zero-order valence-electron chi connectivity index (χ0n) is 19.3. The number of fused-ring (bicyclic) bond motifs is 1. The Hall–Kier alpha value is -3.32. The van der Waals surface area contributed by atoms with E-state index in [-0.39, 0.29) is 36.7 Å². The Bertz CT molecular complexity index is 1090. The summed E-state index contributed by atoms with van der Waals surface area (Å²) in [5, 5.41) is 11.3. The molecule has 2 aliphatic rings. The highest BCUT2D eigenvalue weighted by atomic mass is 16.5. The van der Waals surface area contributed by atoms with Crippen LogP contribution >= 0.6 is 0 Å². The lowest BCUT2D eigenvalue weighted by atomic mass is 9.94. The first-order valence-electron chi connectivity index (χ1n) is 11.1. The molecule has 174 valence electrons. The molecule has 2 heterocycles. The summed E-state index contributed by atoms with van der Waals surface area (Å²) in [5.41, 5.74) is 2.23. The van der Waals surface area contributed by atoms with Gasteiger partial charge in [-0.05, 0) is 62.2 Å². The first kappa shape index (κ1) is 22.9. The topological polar surface area (TPSA) is 85.3 Å². The first-order chi connectivity index (χ1) is 15.8. The first-order valence-corrected chi connectivity index (χ1v) is 11.1. The van der Waals surface area contributed by atoms with Crippen molar-refractivity contribution in [1.29, 1.82) is 0 Å². The summed E-state index contributed by atoms with van der Waals surface area (Å²) >= 11 is 0. The van der Waals surface area contributed by atoms with Crippen molar-refractivity contribution in [3.05, 3.63) is 64.7 Å². The number of benzene rings is 2. The van der Waals surface area contributed by atoms with Gasteiger partial charge in [0.2, 0.25) is 0 Å². The van der Waals surface area contributed by atoms with Gasteiger partial charge in [-0.15, -0.1) is 0 Å². The number of ketones is 1. The normalized spacial score (nSPS) is 21.4. The SMILES string of the molecule is COc1ccc(C2/C(=C(/O)c3ccc4c(c3)CC(C)O4)C(=O)C(=O)N2CCOC(C)C)cc1. The van der Waals surface area contributed by atoms with Crippen molar-refractivity contribution in [1.82, 2.24) is 4.90 Å². The van der Waals surface area contributed by atoms with Crippen LogP contribution in [-0.4, -0.2) is 54.2 Å². The van der Waals surface area contributed by atoms with E-state index >= 15 is 0 Å². The third-order valence-electron chi connectivity index (χ3n) is 5.92. The van der Waals surface area contributed by atoms with Crippen molar-refractivity contribution >= 4 is 17.4 Å². The number of Topliss-reactive ketones (excluding diaryl/α,β-unsaturated/α-hetero) is 1. The molecule has 7 nitrogen and oxygen atoms in total. The van der Waals surface area contributed by atoms with Crippen LogP contribution in [0.2, 0.25) is 0 Å². The quantitative estimate of drug-likeness (QED) is 0.391. The number of aliphatic hydroxyl groups is 1. The van der Waals surface area contributed by atoms with Gasteiger partial charge in [0.1, 0.15) is 23.4 Å². The van der Waals surface area contributed by atoms with Crippen LogP contribution in [0.1, 0.15) is 43.5 Å². The summed E-state index contributed by atoms with van der Waals surface area (Å²) in [6.45, 7) is 6.31. The molecule has 7 heteroatoms. The maximum atomic E-state index is 13.1. The number of hydrogen-bond acceptors (Lipinski definition) is 6. The van der Waals surface area contributed by atoms with Gasteiger partial charge in [-0.3, -0.25) is 9.59 Å². The Morgan fingerprint density at radius 1 is 1.18 bits per heavy atom. The summed E-state index contributed by atoms with van der Waals surface area (Å²) in [7, 11) is 1.57. The lowest BCUT2D eigenvalue weighted by molar-refractivity contribution is -0.140. The second kappa shape index (κ2) is 9.27. The van der Waals surface area contributed by atoms with Crippen LogP contribution in [0.4, 0.5) is 0 Å². The van der Waals surface area contributed by atoms with Crippen molar-refractivity contribution in [3.63, 3.8) is 0 Å². The van der Waals surface area contributed by atoms with E-state index in [1.807, 2.05) is 26.8 Å². The smallest absolute Gasteiger partial charge is 0.295 e. The fourth-order valence-corrected chi connectivity index (χ4v) is 4.35. The van der Waals surface area contributed by atoms with Gasteiger partial charge in [-0.25, -0.2) is 0 Å². The van der Waals surface area contributed by atoms with Crippen molar-refractivity contribution in [3.8, 4) is 11.5 Å². The largest absolute Gasteiger partial charge is 0.507 e. The van der Waals surface area contributed by atoms with Crippen LogP contribution in [0.5, 0.6) is 11.5 Å². The molecule has 4 rings (SSSR count). The molecule has 2 atom stereocenters. The number of methoxy groups -OCH3 is 1. The average Bonchev–Trinajstić information content (AvgIpc) is 3.29. The number of rotatable bonds is 7. The van der Waals surface area contributed by atoms with E-state index in [4.69, 9.17) is 14.2 Å². The number of aliphatic hydroxyl groups excluding tert-OH is 1. The van der Waals surface area contributed by atoms with Gasteiger partial charge in [-0.1, -0.05) is 12.1 Å². The molecular weight excluding hydrogens is 422 g/mol. The zero-order valence-corrected chi connectivity index (χ0v) is 19.3. The van der Waals surface area contributed by atoms with Gasteiger partial charge < -0.3 is 24.2 Å². The molecule has 33 heavy (non-hydrogen) atoms. The fourth-order valence-electron chi connectivity index (χ4n) is 4.35. The average molecular weight is 452 g/mol. The van der Waals surface area contributed by atoms with Crippen LogP contribution in [0, 0.1) is 0 Å². The molecule has 2 aliphatic heterocycles. The molecule has 1 N–H and O–H groups in total. The lowest BCUT2D eigenvalue weighted by Gasteiger charge is -2.25. The molecule has 0 aliphatic carbocycles. The molecule has 0 spiro atoms. The van der Waals surface area contributed by atoms with Gasteiger partial charge >= 0.3 is 0 Å². The van der Waals surface area contributed by atoms with Gasteiger partial charge in [0.05, 0.1) is 31.4 Å². The summed E-state index contributed by atoms with van der Waals surface area (Å²) in [5.74, 6) is -0.113. The van der Waals surface area contributed by atoms with E-state index in [1.54, 1.807) is 43.5 Å². The Labute approximate surface area is 193 Å². The summed E-state index contributed by atoms with van der Waals surface area (Å²) in [6.07, 6.45) is 0.777. The molecule has 1 saturated heterocycles. The summed E-state index contributed by atoms with van der Waals surface area (Å²) in [4.78, 5) is 27.6. The van der Waals surface area contributed by atoms with E-state index in [0.717, 1.165) is 17.7 Å². The second-order valence-corrected chi connectivity index (χ2v) is 8.64. The maximum absolute atomic E-state index is 13.1. The number of nitrogens with zero attached hydrogens (tertiary/aromatic N) is 1. The van der Waals surface area contributed by atoms with E-state index < -0.39 is 17.7 Å². The molecule has 0 saturated carbocycles. The Morgan fingerprint density at radius 2 is 1.91 bits per heavy atom. The molecule has 1 amide bonds. The highest BCUT2D eigenvalue weighted by Gasteiger charge is 2.46. The van der Waals surface area contributed by atoms with E-state index in [1.165, 1.54) is 4.90 Å². The van der Waals surface area contributed by atoms with Gasteiger partial charge in [0.25, 0.3) is 11.7 Å². The fraction of sp³-hybridized carbons (Fsp3) is 0.385. The minimum absolute atomic E-state index is 0.00252. The summed E-state index contributed by atoms with van der Waals surface area (Å²) < 4.78 is 16.6. The number of ether oxygens (including phenoxy) is 3. The predicted molar refractivity (Wildman–Crippen MR) is 123 cm³/mol. The van der Waals surface area contributed by atoms with Crippen LogP contribution in [0.3, 0.4) is 0 Å². The van der Waals surface area contributed by atoms with Crippen LogP contribution in [0.25, 0.3) is 5.76 Å². The predicted octanol–water partition coefficient (Wildman–Crippen LogP) is 3.87. The molecule has 0 radical (unpaired) electrons. The number of carbonyl (C=O) groups excluding carboxylic acids is 2. The minimum Gasteiger partial charge on any atom is -0.507 e. The van der Waals surface area contributed by atoms with E-state index in [0.29, 0.717) is 16.9 Å². The Kier molecular flexibility index (Phi) is 6.42. The highest BCUT2D eigenvalue weighted by molar-refractivity contribution is 6.46.